The second kappa shape index (κ2) is 5.01. The van der Waals surface area contributed by atoms with Crippen molar-refractivity contribution in [2.75, 3.05) is 5.73 Å². The Bertz CT molecular complexity index is 583. The first-order valence-electron chi connectivity index (χ1n) is 5.01. The van der Waals surface area contributed by atoms with Crippen LogP contribution >= 0.6 is 11.6 Å². The van der Waals surface area contributed by atoms with Gasteiger partial charge in [0.15, 0.2) is 6.61 Å². The van der Waals surface area contributed by atoms with E-state index in [1.54, 1.807) is 13.1 Å². The molecule has 0 aliphatic rings. The molecule has 94 valence electrons. The summed E-state index contributed by atoms with van der Waals surface area (Å²) < 4.78 is 5.01. The number of hydrogen-bond acceptors (Lipinski definition) is 6. The topological polar surface area (TPSA) is 95.9 Å². The van der Waals surface area contributed by atoms with Gasteiger partial charge in [-0.1, -0.05) is 11.6 Å². The number of esters is 1. The molecule has 0 atom stereocenters. The molecule has 2 N–H and O–H groups in total. The first-order valence-corrected chi connectivity index (χ1v) is 5.39. The monoisotopic (exact) mass is 267 g/mol. The Morgan fingerprint density at radius 1 is 1.56 bits per heavy atom. The van der Waals surface area contributed by atoms with E-state index in [2.05, 4.69) is 15.4 Å². The molecule has 0 unspecified atom stereocenters. The molecular formula is C10H10ClN5O2. The Labute approximate surface area is 107 Å². The van der Waals surface area contributed by atoms with Crippen LogP contribution in [0.1, 0.15) is 16.2 Å². The van der Waals surface area contributed by atoms with Gasteiger partial charge < -0.3 is 10.5 Å². The summed E-state index contributed by atoms with van der Waals surface area (Å²) in [6, 6.07) is 4.55. The number of ether oxygens (including phenoxy) is 1. The highest BCUT2D eigenvalue weighted by atomic mass is 35.5. The third-order valence-electron chi connectivity index (χ3n) is 2.12. The molecule has 0 aliphatic heterocycles. The van der Waals surface area contributed by atoms with Gasteiger partial charge in [-0.25, -0.2) is 4.79 Å². The highest BCUT2D eigenvalue weighted by Crippen LogP contribution is 2.18. The van der Waals surface area contributed by atoms with Gasteiger partial charge in [0, 0.05) is 10.7 Å². The molecule has 1 aromatic heterocycles. The van der Waals surface area contributed by atoms with Crippen molar-refractivity contribution < 1.29 is 9.53 Å². The van der Waals surface area contributed by atoms with Crippen molar-refractivity contribution in [3.8, 4) is 0 Å². The Kier molecular flexibility index (Phi) is 3.42. The maximum Gasteiger partial charge on any atom is 0.340 e. The van der Waals surface area contributed by atoms with Gasteiger partial charge in [0.05, 0.1) is 12.6 Å². The van der Waals surface area contributed by atoms with Crippen molar-refractivity contribution in [3.63, 3.8) is 0 Å². The van der Waals surface area contributed by atoms with Crippen LogP contribution in [-0.2, 0) is 18.4 Å². The van der Waals surface area contributed by atoms with Crippen LogP contribution in [0.2, 0.25) is 5.02 Å². The molecule has 2 aromatic rings. The first-order chi connectivity index (χ1) is 8.56. The van der Waals surface area contributed by atoms with Gasteiger partial charge in [0.2, 0.25) is 5.82 Å². The number of nitrogen functional groups attached to an aromatic ring is 1. The molecule has 0 radical (unpaired) electrons. The number of carbonyl (C=O) groups excluding carboxylic acids is 1. The molecule has 0 fully saturated rings. The van der Waals surface area contributed by atoms with Crippen molar-refractivity contribution in [1.29, 1.82) is 0 Å². The molecule has 0 aliphatic carbocycles. The molecular weight excluding hydrogens is 258 g/mol. The van der Waals surface area contributed by atoms with Crippen LogP contribution in [-0.4, -0.2) is 26.2 Å². The number of anilines is 1. The van der Waals surface area contributed by atoms with Gasteiger partial charge in [-0.3, -0.25) is 0 Å². The van der Waals surface area contributed by atoms with Crippen LogP contribution in [0.4, 0.5) is 5.69 Å². The minimum atomic E-state index is -0.559. The number of carbonyl (C=O) groups is 1. The highest BCUT2D eigenvalue weighted by molar-refractivity contribution is 6.31. The summed E-state index contributed by atoms with van der Waals surface area (Å²) in [6.45, 7) is -0.0608. The Morgan fingerprint density at radius 2 is 2.33 bits per heavy atom. The number of halogens is 1. The average Bonchev–Trinajstić information content (AvgIpc) is 2.72. The van der Waals surface area contributed by atoms with E-state index in [1.807, 2.05) is 0 Å². The second-order valence-electron chi connectivity index (χ2n) is 3.50. The summed E-state index contributed by atoms with van der Waals surface area (Å²) in [5.74, 6) is -0.241. The van der Waals surface area contributed by atoms with Crippen LogP contribution < -0.4 is 5.73 Å². The number of nitrogens with two attached hydrogens (primary N) is 1. The van der Waals surface area contributed by atoms with Crippen LogP contribution in [0.5, 0.6) is 0 Å². The van der Waals surface area contributed by atoms with Gasteiger partial charge in [-0.05, 0) is 23.4 Å². The van der Waals surface area contributed by atoms with Crippen molar-refractivity contribution in [2.24, 2.45) is 7.05 Å². The van der Waals surface area contributed by atoms with Crippen LogP contribution in [0.3, 0.4) is 0 Å². The zero-order chi connectivity index (χ0) is 13.1. The third kappa shape index (κ3) is 2.75. The van der Waals surface area contributed by atoms with Crippen LogP contribution in [0.25, 0.3) is 0 Å². The number of rotatable bonds is 3. The highest BCUT2D eigenvalue weighted by Gasteiger charge is 2.12. The number of aromatic nitrogens is 4. The summed E-state index contributed by atoms with van der Waals surface area (Å²) in [7, 11) is 1.62. The number of benzene rings is 1. The number of nitrogens with zero attached hydrogens (tertiary/aromatic N) is 4. The summed E-state index contributed by atoms with van der Waals surface area (Å²) >= 11 is 5.73. The summed E-state index contributed by atoms with van der Waals surface area (Å²) in [5.41, 5.74) is 6.18. The molecule has 7 nitrogen and oxygen atoms in total. The molecule has 0 spiro atoms. The second-order valence-corrected chi connectivity index (χ2v) is 3.94. The smallest absolute Gasteiger partial charge is 0.340 e. The fourth-order valence-corrected chi connectivity index (χ4v) is 1.49. The van der Waals surface area contributed by atoms with E-state index in [-0.39, 0.29) is 17.9 Å². The lowest BCUT2D eigenvalue weighted by Gasteiger charge is -2.05. The van der Waals surface area contributed by atoms with E-state index in [4.69, 9.17) is 22.1 Å². The molecule has 0 saturated carbocycles. The maximum atomic E-state index is 11.7. The quantitative estimate of drug-likeness (QED) is 0.653. The normalized spacial score (nSPS) is 10.3. The lowest BCUT2D eigenvalue weighted by Crippen LogP contribution is -2.09. The molecule has 0 amide bonds. The Hall–Kier alpha value is -2.15. The van der Waals surface area contributed by atoms with Crippen molar-refractivity contribution in [2.45, 2.75) is 6.61 Å². The standard InChI is InChI=1S/C10H10ClN5O2/c1-16-14-9(13-15-16)5-18-10(17)7-3-2-6(11)4-8(7)12/h2-4H,5,12H2,1H3. The molecule has 2 rings (SSSR count). The molecule has 0 bridgehead atoms. The molecule has 1 heterocycles. The number of hydrogen-bond donors (Lipinski definition) is 1. The van der Waals surface area contributed by atoms with E-state index < -0.39 is 5.97 Å². The van der Waals surface area contributed by atoms with Gasteiger partial charge in [-0.15, -0.1) is 10.2 Å². The number of aryl methyl sites for hydroxylation is 1. The average molecular weight is 268 g/mol. The van der Waals surface area contributed by atoms with Crippen LogP contribution in [0.15, 0.2) is 18.2 Å². The van der Waals surface area contributed by atoms with Crippen LogP contribution in [0, 0.1) is 0 Å². The van der Waals surface area contributed by atoms with Crippen molar-refractivity contribution in [3.05, 3.63) is 34.6 Å². The van der Waals surface area contributed by atoms with E-state index in [1.165, 1.54) is 16.9 Å². The minimum Gasteiger partial charge on any atom is -0.454 e. The van der Waals surface area contributed by atoms with E-state index >= 15 is 0 Å². The van der Waals surface area contributed by atoms with Gasteiger partial charge >= 0.3 is 5.97 Å². The fraction of sp³-hybridized carbons (Fsp3) is 0.200. The summed E-state index contributed by atoms with van der Waals surface area (Å²) in [4.78, 5) is 13.0. The predicted octanol–water partition coefficient (Wildman–Crippen LogP) is 0.803. The Morgan fingerprint density at radius 3 is 2.94 bits per heavy atom. The lowest BCUT2D eigenvalue weighted by molar-refractivity contribution is 0.0463. The lowest BCUT2D eigenvalue weighted by atomic mass is 10.2. The first kappa shape index (κ1) is 12.3. The molecule has 18 heavy (non-hydrogen) atoms. The molecule has 8 heteroatoms. The zero-order valence-corrected chi connectivity index (χ0v) is 10.3. The largest absolute Gasteiger partial charge is 0.454 e. The van der Waals surface area contributed by atoms with Gasteiger partial charge in [0.1, 0.15) is 0 Å². The fourth-order valence-electron chi connectivity index (χ4n) is 1.31. The van der Waals surface area contributed by atoms with E-state index in [0.29, 0.717) is 10.8 Å². The molecule has 0 saturated heterocycles. The Balaban J connectivity index is 2.03. The zero-order valence-electron chi connectivity index (χ0n) is 9.50. The van der Waals surface area contributed by atoms with Crippen molar-refractivity contribution >= 4 is 23.3 Å². The van der Waals surface area contributed by atoms with Gasteiger partial charge in [0.25, 0.3) is 0 Å². The van der Waals surface area contributed by atoms with E-state index in [9.17, 15) is 4.79 Å². The van der Waals surface area contributed by atoms with E-state index in [0.717, 1.165) is 0 Å². The predicted molar refractivity (Wildman–Crippen MR) is 63.8 cm³/mol. The summed E-state index contributed by atoms with van der Waals surface area (Å²) in [6.07, 6.45) is 0. The SMILES string of the molecule is Cn1nnc(COC(=O)c2ccc(Cl)cc2N)n1. The number of tetrazole rings is 1. The maximum absolute atomic E-state index is 11.7. The van der Waals surface area contributed by atoms with Gasteiger partial charge in [-0.2, -0.15) is 4.80 Å². The summed E-state index contributed by atoms with van der Waals surface area (Å²) in [5, 5.41) is 11.6. The molecule has 1 aromatic carbocycles. The minimum absolute atomic E-state index is 0.0608. The third-order valence-corrected chi connectivity index (χ3v) is 2.35. The van der Waals surface area contributed by atoms with Crippen molar-refractivity contribution in [1.82, 2.24) is 20.2 Å².